The maximum atomic E-state index is 11.6. The molecule has 100 valence electrons. The molecule has 6 heteroatoms. The van der Waals surface area contributed by atoms with Crippen molar-refractivity contribution in [3.05, 3.63) is 0 Å². The number of hydrogen-bond donors (Lipinski definition) is 0. The van der Waals surface area contributed by atoms with Gasteiger partial charge < -0.3 is 9.64 Å². The maximum Gasteiger partial charge on any atom is 0.410 e. The van der Waals surface area contributed by atoms with Gasteiger partial charge in [-0.05, 0) is 20.8 Å². The highest BCUT2D eigenvalue weighted by Crippen LogP contribution is 2.20. The van der Waals surface area contributed by atoms with Crippen LogP contribution in [0.2, 0.25) is 0 Å². The summed E-state index contributed by atoms with van der Waals surface area (Å²) in [6.07, 6.45) is -0.359. The Kier molecular flexibility index (Phi) is 4.06. The second kappa shape index (κ2) is 4.84. The minimum atomic E-state index is -2.94. The fraction of sp³-hybridized carbons (Fsp3) is 0.909. The first-order chi connectivity index (χ1) is 7.63. The molecule has 0 unspecified atom stereocenters. The lowest BCUT2D eigenvalue weighted by atomic mass is 10.0. The summed E-state index contributed by atoms with van der Waals surface area (Å²) in [5.74, 6) is 0.395. The first kappa shape index (κ1) is 14.3. The van der Waals surface area contributed by atoms with Gasteiger partial charge in [-0.3, -0.25) is 0 Å². The van der Waals surface area contributed by atoms with Crippen molar-refractivity contribution >= 4 is 15.9 Å². The third-order valence-electron chi connectivity index (χ3n) is 2.54. The fourth-order valence-electron chi connectivity index (χ4n) is 1.63. The Morgan fingerprint density at radius 3 is 2.29 bits per heavy atom. The van der Waals surface area contributed by atoms with Crippen LogP contribution in [0.15, 0.2) is 0 Å². The summed E-state index contributed by atoms with van der Waals surface area (Å²) >= 11 is 0. The Labute approximate surface area is 103 Å². The molecular formula is C11H21NO4S. The third-order valence-corrected chi connectivity index (χ3v) is 4.40. The van der Waals surface area contributed by atoms with Crippen molar-refractivity contribution in [3.8, 4) is 0 Å². The van der Waals surface area contributed by atoms with Crippen LogP contribution in [-0.2, 0) is 14.6 Å². The molecule has 17 heavy (non-hydrogen) atoms. The molecule has 0 saturated carbocycles. The van der Waals surface area contributed by atoms with Gasteiger partial charge in [-0.1, -0.05) is 6.92 Å². The summed E-state index contributed by atoms with van der Waals surface area (Å²) in [4.78, 5) is 13.1. The van der Waals surface area contributed by atoms with E-state index in [1.807, 2.05) is 20.8 Å². The van der Waals surface area contributed by atoms with E-state index in [-0.39, 0.29) is 23.5 Å². The van der Waals surface area contributed by atoms with Gasteiger partial charge >= 0.3 is 6.09 Å². The summed E-state index contributed by atoms with van der Waals surface area (Å²) in [5.41, 5.74) is -0.502. The molecular weight excluding hydrogens is 242 g/mol. The Balaban J connectivity index is 2.35. The molecule has 1 aliphatic rings. The average Bonchev–Trinajstić information content (AvgIpc) is 2.07. The van der Waals surface area contributed by atoms with Crippen molar-refractivity contribution in [2.24, 2.45) is 5.92 Å². The first-order valence-corrected chi connectivity index (χ1v) is 7.63. The fourth-order valence-corrected chi connectivity index (χ4v) is 2.79. The maximum absolute atomic E-state index is 11.6. The van der Waals surface area contributed by atoms with Gasteiger partial charge in [0, 0.05) is 24.8 Å². The van der Waals surface area contributed by atoms with Crippen LogP contribution in [0.5, 0.6) is 0 Å². The number of likely N-dealkylation sites (tertiary alicyclic amines) is 1. The number of rotatable bonds is 3. The lowest BCUT2D eigenvalue weighted by molar-refractivity contribution is 0.00191. The minimum absolute atomic E-state index is 0.0625. The molecule has 1 aliphatic heterocycles. The zero-order valence-corrected chi connectivity index (χ0v) is 11.7. The molecule has 1 fully saturated rings. The minimum Gasteiger partial charge on any atom is -0.444 e. The summed E-state index contributed by atoms with van der Waals surface area (Å²) in [7, 11) is -2.94. The Morgan fingerprint density at radius 1 is 1.35 bits per heavy atom. The summed E-state index contributed by atoms with van der Waals surface area (Å²) in [6, 6.07) is 0. The molecule has 1 rings (SSSR count). The number of nitrogens with zero attached hydrogens (tertiary/aromatic N) is 1. The lowest BCUT2D eigenvalue weighted by Gasteiger charge is -2.39. The van der Waals surface area contributed by atoms with E-state index in [9.17, 15) is 13.2 Å². The number of carbonyl (C=O) groups is 1. The summed E-state index contributed by atoms with van der Waals surface area (Å²) in [6.45, 7) is 8.03. The van der Waals surface area contributed by atoms with E-state index < -0.39 is 15.4 Å². The molecule has 0 spiro atoms. The van der Waals surface area contributed by atoms with Gasteiger partial charge in [0.25, 0.3) is 0 Å². The molecule has 0 aromatic heterocycles. The molecule has 0 aromatic rings. The van der Waals surface area contributed by atoms with Gasteiger partial charge in [-0.2, -0.15) is 0 Å². The van der Waals surface area contributed by atoms with Crippen LogP contribution in [0, 0.1) is 5.92 Å². The van der Waals surface area contributed by atoms with E-state index >= 15 is 0 Å². The average molecular weight is 263 g/mol. The van der Waals surface area contributed by atoms with Crippen LogP contribution in [0.1, 0.15) is 27.7 Å². The first-order valence-electron chi connectivity index (χ1n) is 5.81. The van der Waals surface area contributed by atoms with Crippen molar-refractivity contribution in [2.75, 3.05) is 24.6 Å². The van der Waals surface area contributed by atoms with Crippen LogP contribution in [0.25, 0.3) is 0 Å². The van der Waals surface area contributed by atoms with Crippen LogP contribution in [0.4, 0.5) is 4.79 Å². The molecule has 5 nitrogen and oxygen atoms in total. The lowest BCUT2D eigenvalue weighted by Crippen LogP contribution is -2.53. The van der Waals surface area contributed by atoms with E-state index in [0.717, 1.165) is 0 Å². The molecule has 0 radical (unpaired) electrons. The summed E-state index contributed by atoms with van der Waals surface area (Å²) < 4.78 is 27.9. The quantitative estimate of drug-likeness (QED) is 0.769. The number of amides is 1. The molecule has 1 heterocycles. The Bertz CT molecular complexity index is 377. The van der Waals surface area contributed by atoms with Crippen LogP contribution >= 0.6 is 0 Å². The number of hydrogen-bond acceptors (Lipinski definition) is 4. The molecule has 0 N–H and O–H groups in total. The predicted molar refractivity (Wildman–Crippen MR) is 65.6 cm³/mol. The number of ether oxygens (including phenoxy) is 1. The second-order valence-electron chi connectivity index (χ2n) is 5.45. The van der Waals surface area contributed by atoms with E-state index in [2.05, 4.69) is 0 Å². The molecule has 0 bridgehead atoms. The molecule has 0 aromatic carbocycles. The van der Waals surface area contributed by atoms with Gasteiger partial charge in [-0.15, -0.1) is 0 Å². The SMILES string of the molecule is CCS(=O)(=O)CC1CN(C(=O)OC(C)(C)C)C1. The van der Waals surface area contributed by atoms with E-state index in [0.29, 0.717) is 13.1 Å². The molecule has 1 saturated heterocycles. The number of sulfone groups is 1. The van der Waals surface area contributed by atoms with Crippen LogP contribution < -0.4 is 0 Å². The molecule has 1 amide bonds. The zero-order chi connectivity index (χ0) is 13.3. The topological polar surface area (TPSA) is 63.7 Å². The van der Waals surface area contributed by atoms with Gasteiger partial charge in [0.2, 0.25) is 0 Å². The normalized spacial score (nSPS) is 17.8. The van der Waals surface area contributed by atoms with Crippen molar-refractivity contribution < 1.29 is 17.9 Å². The van der Waals surface area contributed by atoms with Crippen molar-refractivity contribution in [2.45, 2.75) is 33.3 Å². The predicted octanol–water partition coefficient (Wildman–Crippen LogP) is 1.29. The van der Waals surface area contributed by atoms with Crippen LogP contribution in [0.3, 0.4) is 0 Å². The van der Waals surface area contributed by atoms with E-state index in [4.69, 9.17) is 4.74 Å². The van der Waals surface area contributed by atoms with E-state index in [1.165, 1.54) is 0 Å². The van der Waals surface area contributed by atoms with Crippen molar-refractivity contribution in [1.29, 1.82) is 0 Å². The van der Waals surface area contributed by atoms with Crippen LogP contribution in [-0.4, -0.2) is 49.6 Å². The van der Waals surface area contributed by atoms with Gasteiger partial charge in [0.05, 0.1) is 5.75 Å². The molecule has 0 atom stereocenters. The highest BCUT2D eigenvalue weighted by molar-refractivity contribution is 7.91. The Morgan fingerprint density at radius 2 is 1.88 bits per heavy atom. The van der Waals surface area contributed by atoms with Gasteiger partial charge in [0.1, 0.15) is 15.4 Å². The van der Waals surface area contributed by atoms with E-state index in [1.54, 1.807) is 11.8 Å². The van der Waals surface area contributed by atoms with Gasteiger partial charge in [0.15, 0.2) is 0 Å². The largest absolute Gasteiger partial charge is 0.444 e. The van der Waals surface area contributed by atoms with Gasteiger partial charge in [-0.25, -0.2) is 13.2 Å². The Hall–Kier alpha value is -0.780. The van der Waals surface area contributed by atoms with Crippen molar-refractivity contribution in [3.63, 3.8) is 0 Å². The number of carbonyl (C=O) groups excluding carboxylic acids is 1. The zero-order valence-electron chi connectivity index (χ0n) is 10.9. The highest BCUT2D eigenvalue weighted by Gasteiger charge is 2.35. The molecule has 0 aliphatic carbocycles. The smallest absolute Gasteiger partial charge is 0.410 e. The highest BCUT2D eigenvalue weighted by atomic mass is 32.2. The monoisotopic (exact) mass is 263 g/mol. The second-order valence-corrected chi connectivity index (χ2v) is 7.85. The van der Waals surface area contributed by atoms with Crippen molar-refractivity contribution in [1.82, 2.24) is 4.90 Å². The standard InChI is InChI=1S/C11H21NO4S/c1-5-17(14,15)8-9-6-12(7-9)10(13)16-11(2,3)4/h9H,5-8H2,1-4H3. The summed E-state index contributed by atoms with van der Waals surface area (Å²) in [5, 5.41) is 0. The third kappa shape index (κ3) is 4.53.